The first-order valence-corrected chi connectivity index (χ1v) is 32.7. The zero-order valence-corrected chi connectivity index (χ0v) is 48.8. The second-order valence-corrected chi connectivity index (χ2v) is 28.6. The number of hydrogen-bond donors (Lipinski definition) is 4. The first-order valence-electron chi connectivity index (χ1n) is 28.8. The average molecular weight is 1170 g/mol. The highest BCUT2D eigenvalue weighted by Gasteiger charge is 2.47. The third-order valence-electron chi connectivity index (χ3n) is 19.0. The van der Waals surface area contributed by atoms with Gasteiger partial charge in [0.1, 0.15) is 11.5 Å². The number of nitrogens with zero attached hydrogens (tertiary/aromatic N) is 2. The van der Waals surface area contributed by atoms with Crippen LogP contribution in [0.4, 0.5) is 11.4 Å². The number of nitrogens with one attached hydrogen (secondary N) is 2. The molecule has 14 nitrogen and oxygen atoms in total. The molecule has 4 aromatic carbocycles. The summed E-state index contributed by atoms with van der Waals surface area (Å²) in [7, 11) is -7.89. The highest BCUT2D eigenvalue weighted by molar-refractivity contribution is 7.91. The second-order valence-electron chi connectivity index (χ2n) is 23.9. The standard InChI is InChI=1S/2C31H37ClN2O5S/c2*1-2-24-6-3-7-28(35)25-11-8-22(25)17-34-18-31(14-4-5-20-15-23(32)10-12-26(20)31)19-39-29-13-9-21(16-27(29)34)30(36)33-40(24,37)38/h2*3,6,9-10,12-13,15-16,22,24-25,28,35H,2,4-5,7-8,11,14,17-19H2,1H3,(H,33,36)/b2*6-3+/t22-,24+,25+,28-,31-;22-,24-,25+,28-,31-/m00/s1. The fraction of sp³-hybridized carbons (Fsp3) is 0.516. The van der Waals surface area contributed by atoms with E-state index in [0.717, 1.165) is 98.7 Å². The number of aliphatic hydroxyl groups is 2. The highest BCUT2D eigenvalue weighted by Crippen LogP contribution is 2.49. The summed E-state index contributed by atoms with van der Waals surface area (Å²) in [6.45, 7) is 7.42. The zero-order chi connectivity index (χ0) is 56.1. The molecule has 2 fully saturated rings. The lowest BCUT2D eigenvalue weighted by Crippen LogP contribution is -2.49. The number of aryl methyl sites for hydroxylation is 2. The smallest absolute Gasteiger partial charge is 0.264 e. The van der Waals surface area contributed by atoms with E-state index < -0.39 is 54.6 Å². The third-order valence-corrected chi connectivity index (χ3v) is 23.0. The Bertz CT molecular complexity index is 3100. The minimum Gasteiger partial charge on any atom is -0.490 e. The number of benzene rings is 4. The van der Waals surface area contributed by atoms with Crippen molar-refractivity contribution in [3.05, 3.63) is 141 Å². The monoisotopic (exact) mass is 1170 g/mol. The summed E-state index contributed by atoms with van der Waals surface area (Å²) < 4.78 is 69.9. The molecule has 2 saturated carbocycles. The number of aliphatic hydroxyl groups excluding tert-OH is 2. The molecule has 80 heavy (non-hydrogen) atoms. The van der Waals surface area contributed by atoms with Crippen molar-refractivity contribution in [2.24, 2.45) is 23.7 Å². The van der Waals surface area contributed by atoms with Gasteiger partial charge in [-0.2, -0.15) is 0 Å². The van der Waals surface area contributed by atoms with E-state index in [1.165, 1.54) is 22.3 Å². The second kappa shape index (κ2) is 22.9. The predicted octanol–water partition coefficient (Wildman–Crippen LogP) is 10.00. The average Bonchev–Trinajstić information content (AvgIpc) is 3.81. The van der Waals surface area contributed by atoms with Crippen LogP contribution >= 0.6 is 23.2 Å². The molecule has 12 rings (SSSR count). The maximum atomic E-state index is 13.2. The summed E-state index contributed by atoms with van der Waals surface area (Å²) >= 11 is 12.7. The van der Waals surface area contributed by atoms with Crippen molar-refractivity contribution < 1.29 is 46.1 Å². The van der Waals surface area contributed by atoms with Gasteiger partial charge in [-0.15, -0.1) is 0 Å². The Kier molecular flexibility index (Phi) is 16.3. The Labute approximate surface area is 481 Å². The van der Waals surface area contributed by atoms with E-state index in [1.807, 2.05) is 12.1 Å². The number of sulfonamides is 2. The topological polar surface area (TPSA) is 192 Å². The van der Waals surface area contributed by atoms with Gasteiger partial charge in [0.25, 0.3) is 11.8 Å². The minimum absolute atomic E-state index is 0.135. The number of fused-ring (bicyclic) bond motifs is 8. The molecule has 2 spiro atoms. The number of carbonyl (C=O) groups excluding carboxylic acids is 2. The third kappa shape index (κ3) is 11.3. The first-order chi connectivity index (χ1) is 38.4. The molecule has 4 aromatic rings. The summed E-state index contributed by atoms with van der Waals surface area (Å²) in [5.41, 5.74) is 6.68. The van der Waals surface area contributed by atoms with Crippen LogP contribution < -0.4 is 28.7 Å². The molecule has 10 atom stereocenters. The van der Waals surface area contributed by atoms with Crippen LogP contribution in [0.25, 0.3) is 0 Å². The van der Waals surface area contributed by atoms with Crippen molar-refractivity contribution in [1.82, 2.24) is 9.44 Å². The molecule has 4 heterocycles. The Balaban J connectivity index is 0.000000169. The van der Waals surface area contributed by atoms with Crippen LogP contribution in [0.5, 0.6) is 11.5 Å². The fourth-order valence-electron chi connectivity index (χ4n) is 14.3. The Morgan fingerprint density at radius 3 is 1.41 bits per heavy atom. The van der Waals surface area contributed by atoms with Gasteiger partial charge >= 0.3 is 0 Å². The van der Waals surface area contributed by atoms with Crippen molar-refractivity contribution in [2.75, 3.05) is 49.2 Å². The number of halogens is 2. The molecule has 8 aliphatic rings. The number of ether oxygens (including phenoxy) is 2. The summed E-state index contributed by atoms with van der Waals surface area (Å²) in [6.07, 6.45) is 16.9. The Morgan fingerprint density at radius 2 is 1.02 bits per heavy atom. The zero-order valence-electron chi connectivity index (χ0n) is 45.6. The number of carbonyl (C=O) groups is 2. The van der Waals surface area contributed by atoms with Gasteiger partial charge in [-0.1, -0.05) is 73.5 Å². The maximum Gasteiger partial charge on any atom is 0.264 e. The molecule has 4 N–H and O–H groups in total. The van der Waals surface area contributed by atoms with Crippen LogP contribution in [0.2, 0.25) is 10.0 Å². The summed E-state index contributed by atoms with van der Waals surface area (Å²) in [6, 6.07) is 22.7. The van der Waals surface area contributed by atoms with Crippen molar-refractivity contribution >= 4 is 66.4 Å². The molecule has 428 valence electrons. The Morgan fingerprint density at radius 1 is 0.600 bits per heavy atom. The van der Waals surface area contributed by atoms with Gasteiger partial charge in [0, 0.05) is 58.2 Å². The SMILES string of the molecule is CC[C@@H]1/C=C/C[C@H](O)[C@@H]2CC[C@H]2CN2C[C@@]3(CCCc4cc(Cl)ccc43)COc3ccc(cc32)C(=O)NS1(=O)=O.CC[C@H]1/C=C/C[C@H](O)[C@@H]2CC[C@H]2CN2C[C@@]3(CCCc4cc(Cl)ccc43)COc3ccc(cc32)C(=O)NS1(=O)=O. The molecule has 0 aromatic heterocycles. The van der Waals surface area contributed by atoms with E-state index in [-0.39, 0.29) is 45.6 Å². The molecular weight excluding hydrogens is 1100 g/mol. The van der Waals surface area contributed by atoms with Crippen LogP contribution in [0.1, 0.15) is 134 Å². The molecular formula is C62H74Cl2N4O10S2. The highest BCUT2D eigenvalue weighted by atomic mass is 35.5. The lowest BCUT2D eigenvalue weighted by atomic mass is 9.68. The molecule has 4 aliphatic heterocycles. The van der Waals surface area contributed by atoms with Gasteiger partial charge in [-0.3, -0.25) is 9.59 Å². The van der Waals surface area contributed by atoms with E-state index in [9.17, 15) is 36.6 Å². The molecule has 4 bridgehead atoms. The minimum atomic E-state index is -3.94. The van der Waals surface area contributed by atoms with Crippen molar-refractivity contribution in [1.29, 1.82) is 0 Å². The van der Waals surface area contributed by atoms with E-state index >= 15 is 0 Å². The summed E-state index contributed by atoms with van der Waals surface area (Å²) in [4.78, 5) is 31.1. The van der Waals surface area contributed by atoms with Crippen LogP contribution in [-0.4, -0.2) is 101 Å². The molecule has 0 unspecified atom stereocenters. The molecule has 4 aliphatic carbocycles. The van der Waals surface area contributed by atoms with Crippen LogP contribution in [0.15, 0.2) is 97.1 Å². The number of amides is 2. The predicted molar refractivity (Wildman–Crippen MR) is 313 cm³/mol. The van der Waals surface area contributed by atoms with Gasteiger partial charge in [0.15, 0.2) is 0 Å². The van der Waals surface area contributed by atoms with Crippen LogP contribution in [0.3, 0.4) is 0 Å². The van der Waals surface area contributed by atoms with E-state index in [1.54, 1.807) is 74.5 Å². The summed E-state index contributed by atoms with van der Waals surface area (Å²) in [5, 5.41) is 21.9. The Hall–Kier alpha value is -5.10. The van der Waals surface area contributed by atoms with Crippen molar-refractivity contribution in [2.45, 2.75) is 137 Å². The quantitative estimate of drug-likeness (QED) is 0.139. The van der Waals surface area contributed by atoms with Gasteiger partial charge in [-0.25, -0.2) is 26.3 Å². The summed E-state index contributed by atoms with van der Waals surface area (Å²) in [5.74, 6) is 0.912. The van der Waals surface area contributed by atoms with Crippen LogP contribution in [0, 0.1) is 23.7 Å². The van der Waals surface area contributed by atoms with Crippen molar-refractivity contribution in [3.63, 3.8) is 0 Å². The molecule has 18 heteroatoms. The van der Waals surface area contributed by atoms with Crippen LogP contribution in [-0.2, 0) is 43.7 Å². The molecule has 0 saturated heterocycles. The largest absolute Gasteiger partial charge is 0.490 e. The lowest BCUT2D eigenvalue weighted by Gasteiger charge is -2.45. The lowest BCUT2D eigenvalue weighted by molar-refractivity contribution is 0.0175. The molecule has 2 amide bonds. The molecule has 0 radical (unpaired) electrons. The van der Waals surface area contributed by atoms with E-state index in [2.05, 4.69) is 43.5 Å². The van der Waals surface area contributed by atoms with Crippen molar-refractivity contribution in [3.8, 4) is 11.5 Å². The van der Waals surface area contributed by atoms with Gasteiger partial charge in [0.2, 0.25) is 20.0 Å². The fourth-order valence-corrected chi connectivity index (χ4v) is 17.2. The van der Waals surface area contributed by atoms with Gasteiger partial charge < -0.3 is 29.5 Å². The number of hydrogen-bond acceptors (Lipinski definition) is 12. The van der Waals surface area contributed by atoms with E-state index in [4.69, 9.17) is 32.7 Å². The van der Waals surface area contributed by atoms with Gasteiger partial charge in [0.05, 0.1) is 47.3 Å². The number of anilines is 2. The van der Waals surface area contributed by atoms with Gasteiger partial charge in [-0.05, 0) is 196 Å². The van der Waals surface area contributed by atoms with E-state index in [0.29, 0.717) is 63.5 Å². The maximum absolute atomic E-state index is 13.2. The normalized spacial score (nSPS) is 32.2. The first kappa shape index (κ1) is 56.7. The number of rotatable bonds is 2.